The van der Waals surface area contributed by atoms with Crippen molar-refractivity contribution in [2.75, 3.05) is 42.6 Å². The highest BCUT2D eigenvalue weighted by atomic mass is 16.5. The summed E-state index contributed by atoms with van der Waals surface area (Å²) in [5.41, 5.74) is 0.894. The van der Waals surface area contributed by atoms with Crippen molar-refractivity contribution in [2.45, 2.75) is 32.2 Å². The number of benzene rings is 1. The highest BCUT2D eigenvalue weighted by Crippen LogP contribution is 2.27. The minimum absolute atomic E-state index is 0.170. The first-order valence-corrected chi connectivity index (χ1v) is 11.1. The maximum Gasteiger partial charge on any atom is 0.338 e. The average molecular weight is 437 g/mol. The van der Waals surface area contributed by atoms with E-state index in [0.29, 0.717) is 30.9 Å². The Bertz CT molecular complexity index is 956. The van der Waals surface area contributed by atoms with E-state index in [1.165, 1.54) is 4.90 Å². The van der Waals surface area contributed by atoms with Crippen LogP contribution in [-0.2, 0) is 14.3 Å². The third-order valence-electron chi connectivity index (χ3n) is 5.94. The van der Waals surface area contributed by atoms with Crippen LogP contribution in [0.2, 0.25) is 0 Å². The van der Waals surface area contributed by atoms with Crippen molar-refractivity contribution in [1.82, 2.24) is 9.88 Å². The van der Waals surface area contributed by atoms with Gasteiger partial charge in [0.25, 0.3) is 5.91 Å². The molecule has 2 amide bonds. The second kappa shape index (κ2) is 9.91. The number of pyridine rings is 1. The molecule has 2 saturated heterocycles. The number of piperazine rings is 1. The lowest BCUT2D eigenvalue weighted by Gasteiger charge is -2.37. The van der Waals surface area contributed by atoms with Crippen LogP contribution >= 0.6 is 0 Å². The third kappa shape index (κ3) is 4.65. The Morgan fingerprint density at radius 1 is 1.06 bits per heavy atom. The van der Waals surface area contributed by atoms with E-state index in [1.54, 1.807) is 30.5 Å². The van der Waals surface area contributed by atoms with Gasteiger partial charge in [-0.1, -0.05) is 19.4 Å². The summed E-state index contributed by atoms with van der Waals surface area (Å²) in [5, 5.41) is 0. The van der Waals surface area contributed by atoms with Crippen molar-refractivity contribution in [3.63, 3.8) is 0 Å². The summed E-state index contributed by atoms with van der Waals surface area (Å²) in [6.45, 7) is 5.30. The fourth-order valence-electron chi connectivity index (χ4n) is 4.12. The number of imide groups is 1. The van der Waals surface area contributed by atoms with Gasteiger partial charge in [-0.3, -0.25) is 14.5 Å². The molecule has 0 saturated carbocycles. The van der Waals surface area contributed by atoms with E-state index in [9.17, 15) is 14.4 Å². The van der Waals surface area contributed by atoms with E-state index >= 15 is 0 Å². The van der Waals surface area contributed by atoms with Gasteiger partial charge in [-0.2, -0.15) is 0 Å². The van der Waals surface area contributed by atoms with Crippen LogP contribution in [0.1, 0.15) is 36.5 Å². The van der Waals surface area contributed by atoms with Gasteiger partial charge in [0.1, 0.15) is 5.82 Å². The number of unbranched alkanes of at least 4 members (excludes halogenated alkanes) is 1. The quantitative estimate of drug-likeness (QED) is 0.375. The molecular weight excluding hydrogens is 408 g/mol. The van der Waals surface area contributed by atoms with Crippen LogP contribution in [0.15, 0.2) is 48.7 Å². The molecule has 0 N–H and O–H groups in total. The topological polar surface area (TPSA) is 83.1 Å². The molecule has 8 nitrogen and oxygen atoms in total. The van der Waals surface area contributed by atoms with Gasteiger partial charge in [-0.25, -0.2) is 14.7 Å². The second-order valence-corrected chi connectivity index (χ2v) is 8.03. The number of ether oxygens (including phenoxy) is 1. The Morgan fingerprint density at radius 3 is 2.47 bits per heavy atom. The summed E-state index contributed by atoms with van der Waals surface area (Å²) in [7, 11) is 0. The molecule has 0 unspecified atom stereocenters. The van der Waals surface area contributed by atoms with Gasteiger partial charge >= 0.3 is 5.97 Å². The first-order valence-electron chi connectivity index (χ1n) is 11.1. The number of anilines is 2. The fourth-order valence-corrected chi connectivity index (χ4v) is 4.12. The molecule has 0 aliphatic carbocycles. The largest absolute Gasteiger partial charge is 0.462 e. The minimum Gasteiger partial charge on any atom is -0.462 e. The zero-order valence-corrected chi connectivity index (χ0v) is 18.3. The van der Waals surface area contributed by atoms with Gasteiger partial charge in [0.2, 0.25) is 5.91 Å². The summed E-state index contributed by atoms with van der Waals surface area (Å²) < 4.78 is 5.21. The zero-order valence-electron chi connectivity index (χ0n) is 18.3. The van der Waals surface area contributed by atoms with Gasteiger partial charge < -0.3 is 9.64 Å². The summed E-state index contributed by atoms with van der Waals surface area (Å²) in [6, 6.07) is 11.8. The van der Waals surface area contributed by atoms with Gasteiger partial charge in [-0.15, -0.1) is 0 Å². The van der Waals surface area contributed by atoms with Crippen LogP contribution in [-0.4, -0.2) is 66.5 Å². The van der Waals surface area contributed by atoms with Crippen LogP contribution < -0.4 is 9.80 Å². The summed E-state index contributed by atoms with van der Waals surface area (Å²) in [5.74, 6) is 0.105. The molecule has 0 bridgehead atoms. The molecule has 3 heterocycles. The summed E-state index contributed by atoms with van der Waals surface area (Å²) >= 11 is 0. The molecule has 1 aromatic heterocycles. The Kier molecular flexibility index (Phi) is 6.80. The smallest absolute Gasteiger partial charge is 0.338 e. The summed E-state index contributed by atoms with van der Waals surface area (Å²) in [4.78, 5) is 47.8. The number of rotatable bonds is 7. The van der Waals surface area contributed by atoms with Crippen molar-refractivity contribution in [3.8, 4) is 0 Å². The highest BCUT2D eigenvalue weighted by molar-refractivity contribution is 6.22. The van der Waals surface area contributed by atoms with Crippen molar-refractivity contribution < 1.29 is 19.1 Å². The maximum atomic E-state index is 13.1. The van der Waals surface area contributed by atoms with Crippen molar-refractivity contribution in [1.29, 1.82) is 0 Å². The highest BCUT2D eigenvalue weighted by Gasteiger charge is 2.43. The average Bonchev–Trinajstić information content (AvgIpc) is 3.13. The summed E-state index contributed by atoms with van der Waals surface area (Å²) in [6.07, 6.45) is 3.71. The molecule has 0 radical (unpaired) electrons. The first kappa shape index (κ1) is 22.0. The van der Waals surface area contributed by atoms with E-state index < -0.39 is 12.0 Å². The molecule has 1 aromatic carbocycles. The van der Waals surface area contributed by atoms with Gasteiger partial charge in [-0.05, 0) is 42.8 Å². The van der Waals surface area contributed by atoms with E-state index in [2.05, 4.69) is 14.8 Å². The Labute approximate surface area is 187 Å². The zero-order chi connectivity index (χ0) is 22.5. The number of hydrogen-bond donors (Lipinski definition) is 0. The van der Waals surface area contributed by atoms with Crippen molar-refractivity contribution >= 4 is 29.3 Å². The molecule has 32 heavy (non-hydrogen) atoms. The standard InChI is InChI=1S/C24H28N4O4/c1-2-3-16-32-24(31)18-7-9-19(10-8-18)28-22(29)17-20(23(28)30)26-12-14-27(15-13-26)21-6-4-5-11-25-21/h4-11,20H,2-3,12-17H2,1H3/t20-/m1/s1. The number of carbonyl (C=O) groups excluding carboxylic acids is 3. The maximum absolute atomic E-state index is 13.1. The number of amides is 2. The Morgan fingerprint density at radius 2 is 1.81 bits per heavy atom. The predicted octanol–water partition coefficient (Wildman–Crippen LogP) is 2.49. The second-order valence-electron chi connectivity index (χ2n) is 8.03. The van der Waals surface area contributed by atoms with Crippen LogP contribution in [0, 0.1) is 0 Å². The normalized spacial score (nSPS) is 19.5. The SMILES string of the molecule is CCCCOC(=O)c1ccc(N2C(=O)C[C@@H](N3CCN(c4ccccn4)CC3)C2=O)cc1. The van der Waals surface area contributed by atoms with Crippen LogP contribution in [0.3, 0.4) is 0 Å². The molecule has 2 aliphatic rings. The lowest BCUT2D eigenvalue weighted by Crippen LogP contribution is -2.52. The fraction of sp³-hybridized carbons (Fsp3) is 0.417. The molecule has 168 valence electrons. The molecule has 8 heteroatoms. The molecule has 2 aromatic rings. The number of esters is 1. The number of carbonyl (C=O) groups is 3. The number of hydrogen-bond acceptors (Lipinski definition) is 7. The molecule has 4 rings (SSSR count). The van der Waals surface area contributed by atoms with Crippen LogP contribution in [0.25, 0.3) is 0 Å². The lowest BCUT2D eigenvalue weighted by molar-refractivity contribution is -0.123. The van der Waals surface area contributed by atoms with E-state index in [1.807, 2.05) is 25.1 Å². The van der Waals surface area contributed by atoms with Crippen LogP contribution in [0.5, 0.6) is 0 Å². The van der Waals surface area contributed by atoms with Gasteiger partial charge in [0.05, 0.1) is 30.3 Å². The Balaban J connectivity index is 1.37. The Hall–Kier alpha value is -3.26. The molecule has 1 atom stereocenters. The van der Waals surface area contributed by atoms with E-state index in [-0.39, 0.29) is 18.2 Å². The van der Waals surface area contributed by atoms with E-state index in [0.717, 1.165) is 31.7 Å². The minimum atomic E-state index is -0.452. The van der Waals surface area contributed by atoms with Crippen molar-refractivity contribution in [2.24, 2.45) is 0 Å². The lowest BCUT2D eigenvalue weighted by atomic mass is 10.1. The number of nitrogens with zero attached hydrogens (tertiary/aromatic N) is 4. The van der Waals surface area contributed by atoms with E-state index in [4.69, 9.17) is 4.74 Å². The molecular formula is C24H28N4O4. The van der Waals surface area contributed by atoms with Crippen LogP contribution in [0.4, 0.5) is 11.5 Å². The van der Waals surface area contributed by atoms with Gasteiger partial charge in [0, 0.05) is 32.4 Å². The molecule has 2 fully saturated rings. The monoisotopic (exact) mass is 436 g/mol. The molecule has 0 spiro atoms. The molecule has 2 aliphatic heterocycles. The van der Waals surface area contributed by atoms with Gasteiger partial charge in [0.15, 0.2) is 0 Å². The first-order chi connectivity index (χ1) is 15.6. The number of aromatic nitrogens is 1. The van der Waals surface area contributed by atoms with Crippen molar-refractivity contribution in [3.05, 3.63) is 54.2 Å². The third-order valence-corrected chi connectivity index (χ3v) is 5.94. The predicted molar refractivity (Wildman–Crippen MR) is 121 cm³/mol.